The highest BCUT2D eigenvalue weighted by atomic mass is 19.4. The van der Waals surface area contributed by atoms with E-state index in [2.05, 4.69) is 10.3 Å². The zero-order valence-corrected chi connectivity index (χ0v) is 18.8. The van der Waals surface area contributed by atoms with E-state index >= 15 is 0 Å². The van der Waals surface area contributed by atoms with Gasteiger partial charge in [-0.05, 0) is 61.3 Å². The average molecular weight is 492 g/mol. The number of carbonyl (C=O) groups is 3. The maximum absolute atomic E-state index is 13.2. The van der Waals surface area contributed by atoms with Gasteiger partial charge >= 0.3 is 12.1 Å². The first-order valence-corrected chi connectivity index (χ1v) is 10.9. The zero-order valence-electron chi connectivity index (χ0n) is 18.8. The normalized spacial score (nSPS) is 17.5. The fourth-order valence-corrected chi connectivity index (χ4v) is 4.03. The van der Waals surface area contributed by atoms with Crippen molar-refractivity contribution < 1.29 is 36.7 Å². The van der Waals surface area contributed by atoms with Crippen molar-refractivity contribution >= 4 is 28.9 Å². The van der Waals surface area contributed by atoms with E-state index < -0.39 is 18.4 Å². The van der Waals surface area contributed by atoms with Gasteiger partial charge in [-0.3, -0.25) is 9.59 Å². The largest absolute Gasteiger partial charge is 0.461 e. The van der Waals surface area contributed by atoms with Crippen molar-refractivity contribution in [1.82, 2.24) is 10.3 Å². The Bertz CT molecular complexity index is 1190. The molecule has 186 valence electrons. The van der Waals surface area contributed by atoms with E-state index in [9.17, 15) is 27.2 Å². The monoisotopic (exact) mass is 492 g/mol. The molecule has 0 bridgehead atoms. The van der Waals surface area contributed by atoms with Gasteiger partial charge in [0.1, 0.15) is 11.5 Å². The minimum Gasteiger partial charge on any atom is -0.461 e. The first-order valence-electron chi connectivity index (χ1n) is 10.9. The SMILES string of the molecule is CCOC(=O)c1cc2cc(CC(=O)[C@H]3NCC[C@H]3c3ccc(F)cc3)ccc2[nH]1.O=CC(F)(F)F. The predicted octanol–water partition coefficient (Wildman–Crippen LogP) is 4.49. The molecule has 0 aliphatic carbocycles. The zero-order chi connectivity index (χ0) is 25.6. The van der Waals surface area contributed by atoms with Gasteiger partial charge in [-0.2, -0.15) is 13.2 Å². The smallest absolute Gasteiger partial charge is 0.446 e. The lowest BCUT2D eigenvalue weighted by atomic mass is 9.88. The average Bonchev–Trinajstić information content (AvgIpc) is 3.47. The molecule has 0 saturated carbocycles. The summed E-state index contributed by atoms with van der Waals surface area (Å²) < 4.78 is 49.5. The molecule has 2 N–H and O–H groups in total. The summed E-state index contributed by atoms with van der Waals surface area (Å²) in [5, 5.41) is 4.17. The Morgan fingerprint density at radius 1 is 1.11 bits per heavy atom. The minimum atomic E-state index is -4.64. The number of fused-ring (bicyclic) bond motifs is 1. The second-order valence-corrected chi connectivity index (χ2v) is 8.01. The lowest BCUT2D eigenvalue weighted by Crippen LogP contribution is -2.35. The molecule has 1 aliphatic heterocycles. The van der Waals surface area contributed by atoms with Crippen LogP contribution in [0.15, 0.2) is 48.5 Å². The molecule has 1 aliphatic rings. The number of carbonyl (C=O) groups excluding carboxylic acids is 3. The first-order chi connectivity index (χ1) is 16.6. The molecule has 2 aromatic carbocycles. The molecule has 0 radical (unpaired) electrons. The molecule has 0 unspecified atom stereocenters. The number of aldehydes is 1. The van der Waals surface area contributed by atoms with Crippen molar-refractivity contribution in [3.8, 4) is 0 Å². The Morgan fingerprint density at radius 3 is 2.43 bits per heavy atom. The number of ketones is 1. The summed E-state index contributed by atoms with van der Waals surface area (Å²) in [5.41, 5.74) is 3.10. The summed E-state index contributed by atoms with van der Waals surface area (Å²) in [6, 6.07) is 13.6. The molecule has 1 aromatic heterocycles. The van der Waals surface area contributed by atoms with Crippen LogP contribution in [0.25, 0.3) is 10.9 Å². The summed E-state index contributed by atoms with van der Waals surface area (Å²) in [6.45, 7) is 2.84. The van der Waals surface area contributed by atoms with Crippen molar-refractivity contribution in [3.05, 3.63) is 71.2 Å². The van der Waals surface area contributed by atoms with Crippen LogP contribution >= 0.6 is 0 Å². The lowest BCUT2D eigenvalue weighted by Gasteiger charge is -2.19. The quantitative estimate of drug-likeness (QED) is 0.301. The number of benzene rings is 2. The van der Waals surface area contributed by atoms with Crippen LogP contribution in [-0.2, 0) is 20.7 Å². The fourth-order valence-electron chi connectivity index (χ4n) is 4.03. The van der Waals surface area contributed by atoms with Crippen molar-refractivity contribution in [2.75, 3.05) is 13.2 Å². The topological polar surface area (TPSA) is 88.3 Å². The number of rotatable bonds is 6. The second-order valence-electron chi connectivity index (χ2n) is 8.01. The lowest BCUT2D eigenvalue weighted by molar-refractivity contribution is -0.156. The van der Waals surface area contributed by atoms with Crippen molar-refractivity contribution in [3.63, 3.8) is 0 Å². The van der Waals surface area contributed by atoms with E-state index in [1.165, 1.54) is 12.1 Å². The Labute approximate surface area is 198 Å². The molecule has 0 spiro atoms. The summed E-state index contributed by atoms with van der Waals surface area (Å²) in [7, 11) is 0. The molecule has 3 aromatic rings. The highest BCUT2D eigenvalue weighted by Crippen LogP contribution is 2.29. The minimum absolute atomic E-state index is 0.0505. The third-order valence-corrected chi connectivity index (χ3v) is 5.56. The van der Waals surface area contributed by atoms with Crippen LogP contribution in [-0.4, -0.2) is 48.4 Å². The van der Waals surface area contributed by atoms with E-state index in [-0.39, 0.29) is 23.6 Å². The standard InChI is InChI=1S/C23H23FN2O3.C2HF3O/c1-2-29-23(28)20-13-16-11-14(3-8-19(16)26-20)12-21(27)22-18(9-10-25-22)15-4-6-17(24)7-5-15;3-2(4,5)1-6/h3-8,11,13,18,22,25-26H,2,9-10,12H2,1H3;1H/t18-,22-;/m0./s1. The van der Waals surface area contributed by atoms with Gasteiger partial charge in [0.25, 0.3) is 0 Å². The summed E-state index contributed by atoms with van der Waals surface area (Å²) >= 11 is 0. The number of hydrogen-bond acceptors (Lipinski definition) is 5. The van der Waals surface area contributed by atoms with E-state index in [1.807, 2.05) is 18.2 Å². The van der Waals surface area contributed by atoms with E-state index in [0.717, 1.165) is 35.0 Å². The van der Waals surface area contributed by atoms with E-state index in [4.69, 9.17) is 9.53 Å². The Kier molecular flexibility index (Phi) is 8.39. The molecule has 2 atom stereocenters. The third kappa shape index (κ3) is 6.98. The van der Waals surface area contributed by atoms with Crippen LogP contribution in [0.1, 0.15) is 40.9 Å². The number of aromatic amines is 1. The summed E-state index contributed by atoms with van der Waals surface area (Å²) in [6.07, 6.45) is -4.56. The second kappa shape index (κ2) is 11.3. The highest BCUT2D eigenvalue weighted by molar-refractivity contribution is 5.95. The number of alkyl halides is 3. The summed E-state index contributed by atoms with van der Waals surface area (Å²) in [4.78, 5) is 36.6. The van der Waals surface area contributed by atoms with Gasteiger partial charge in [0, 0.05) is 23.2 Å². The van der Waals surface area contributed by atoms with Crippen LogP contribution in [0, 0.1) is 5.82 Å². The molecule has 6 nitrogen and oxygen atoms in total. The number of hydrogen-bond donors (Lipinski definition) is 2. The van der Waals surface area contributed by atoms with Crippen LogP contribution in [0.2, 0.25) is 0 Å². The number of nitrogens with one attached hydrogen (secondary N) is 2. The predicted molar refractivity (Wildman–Crippen MR) is 121 cm³/mol. The van der Waals surface area contributed by atoms with Gasteiger partial charge in [0.15, 0.2) is 5.78 Å². The van der Waals surface area contributed by atoms with Gasteiger partial charge in [-0.1, -0.05) is 18.2 Å². The van der Waals surface area contributed by atoms with Gasteiger partial charge in [0.05, 0.1) is 12.6 Å². The maximum atomic E-state index is 13.2. The van der Waals surface area contributed by atoms with Crippen molar-refractivity contribution in [2.24, 2.45) is 0 Å². The number of Topliss-reactive ketones (excluding diaryl/α,β-unsaturated/α-hetero) is 1. The van der Waals surface area contributed by atoms with Crippen molar-refractivity contribution in [1.29, 1.82) is 0 Å². The molecule has 2 heterocycles. The van der Waals surface area contributed by atoms with Crippen LogP contribution in [0.4, 0.5) is 17.6 Å². The molecule has 10 heteroatoms. The first kappa shape index (κ1) is 26.1. The Balaban J connectivity index is 0.000000509. The van der Waals surface area contributed by atoms with Gasteiger partial charge < -0.3 is 15.0 Å². The molecule has 1 saturated heterocycles. The Morgan fingerprint density at radius 2 is 1.80 bits per heavy atom. The fraction of sp³-hybridized carbons (Fsp3) is 0.320. The molecule has 1 fully saturated rings. The molecule has 4 rings (SSSR count). The number of ether oxygens (including phenoxy) is 1. The van der Waals surface area contributed by atoms with Gasteiger partial charge in [0.2, 0.25) is 6.29 Å². The van der Waals surface area contributed by atoms with Gasteiger partial charge in [-0.15, -0.1) is 0 Å². The van der Waals surface area contributed by atoms with E-state index in [0.29, 0.717) is 18.7 Å². The number of H-pyrrole nitrogens is 1. The molecule has 0 amide bonds. The number of aromatic nitrogens is 1. The maximum Gasteiger partial charge on any atom is 0.446 e. The van der Waals surface area contributed by atoms with Crippen LogP contribution in [0.3, 0.4) is 0 Å². The molecular weight excluding hydrogens is 468 g/mol. The number of esters is 1. The van der Waals surface area contributed by atoms with E-state index in [1.54, 1.807) is 25.1 Å². The van der Waals surface area contributed by atoms with Crippen LogP contribution < -0.4 is 5.32 Å². The molecular formula is C25H24F4N2O4. The van der Waals surface area contributed by atoms with Crippen molar-refractivity contribution in [2.45, 2.75) is 37.9 Å². The van der Waals surface area contributed by atoms with Crippen LogP contribution in [0.5, 0.6) is 0 Å². The molecule has 35 heavy (non-hydrogen) atoms. The highest BCUT2D eigenvalue weighted by Gasteiger charge is 2.33. The Hall–Kier alpha value is -3.53. The summed E-state index contributed by atoms with van der Waals surface area (Å²) in [5.74, 6) is -0.505. The third-order valence-electron chi connectivity index (χ3n) is 5.56. The number of halogens is 4. The van der Waals surface area contributed by atoms with Gasteiger partial charge in [-0.25, -0.2) is 9.18 Å².